The zero-order valence-corrected chi connectivity index (χ0v) is 21.4. The van der Waals surface area contributed by atoms with Crippen LogP contribution in [-0.2, 0) is 6.42 Å². The Balaban J connectivity index is 1.47. The first-order valence-corrected chi connectivity index (χ1v) is 12.8. The number of benzene rings is 3. The van der Waals surface area contributed by atoms with Crippen molar-refractivity contribution in [1.29, 1.82) is 0 Å². The summed E-state index contributed by atoms with van der Waals surface area (Å²) in [5.41, 5.74) is 2.90. The normalized spacial score (nSPS) is 14.0. The quantitative estimate of drug-likeness (QED) is 0.259. The lowest BCUT2D eigenvalue weighted by Crippen LogP contribution is -2.25. The Labute approximate surface area is 217 Å². The Bertz CT molecular complexity index is 1410. The number of hydrogen-bond donors (Lipinski definition) is 1. The second-order valence-corrected chi connectivity index (χ2v) is 10.1. The topological polar surface area (TPSA) is 62.9 Å². The molecule has 1 saturated heterocycles. The first-order valence-electron chi connectivity index (χ1n) is 11.7. The molecule has 35 heavy (non-hydrogen) atoms. The van der Waals surface area contributed by atoms with Crippen LogP contribution in [-0.4, -0.2) is 36.2 Å². The fourth-order valence-electron chi connectivity index (χ4n) is 4.61. The van der Waals surface area contributed by atoms with Gasteiger partial charge in [-0.15, -0.1) is 0 Å². The van der Waals surface area contributed by atoms with Gasteiger partial charge in [-0.05, 0) is 79.9 Å². The Morgan fingerprint density at radius 3 is 2.54 bits per heavy atom. The average Bonchev–Trinajstić information content (AvgIpc) is 3.34. The zero-order valence-electron chi connectivity index (χ0n) is 19.1. The molecule has 0 spiro atoms. The zero-order chi connectivity index (χ0) is 24.4. The second-order valence-electron chi connectivity index (χ2n) is 8.77. The highest BCUT2D eigenvalue weighted by Crippen LogP contribution is 2.36. The van der Waals surface area contributed by atoms with Crippen molar-refractivity contribution in [3.05, 3.63) is 91.7 Å². The van der Waals surface area contributed by atoms with Crippen molar-refractivity contribution in [2.45, 2.75) is 19.3 Å². The molecule has 0 amide bonds. The summed E-state index contributed by atoms with van der Waals surface area (Å²) in [4.78, 5) is 15.6. The van der Waals surface area contributed by atoms with E-state index >= 15 is 0 Å². The van der Waals surface area contributed by atoms with Crippen LogP contribution < -0.4 is 10.4 Å². The van der Waals surface area contributed by atoms with Gasteiger partial charge >= 0.3 is 5.63 Å². The molecule has 3 aromatic carbocycles. The molecule has 0 radical (unpaired) electrons. The lowest BCUT2D eigenvalue weighted by Gasteiger charge is -2.15. The third-order valence-corrected chi connectivity index (χ3v) is 7.27. The highest BCUT2D eigenvalue weighted by atomic mass is 79.9. The molecule has 4 aromatic rings. The number of rotatable bonds is 7. The smallest absolute Gasteiger partial charge is 0.344 e. The Morgan fingerprint density at radius 2 is 1.80 bits per heavy atom. The van der Waals surface area contributed by atoms with E-state index in [1.165, 1.54) is 18.9 Å². The van der Waals surface area contributed by atoms with Gasteiger partial charge in [0.1, 0.15) is 23.7 Å². The molecule has 5 nitrogen and oxygen atoms in total. The molecular weight excluding hydrogens is 530 g/mol. The third-order valence-electron chi connectivity index (χ3n) is 6.38. The second kappa shape index (κ2) is 10.4. The Hall–Kier alpha value is -2.80. The highest BCUT2D eigenvalue weighted by Gasteiger charge is 2.19. The van der Waals surface area contributed by atoms with Gasteiger partial charge in [0.25, 0.3) is 0 Å². The average molecular weight is 555 g/mol. The fourth-order valence-corrected chi connectivity index (χ4v) is 5.49. The Morgan fingerprint density at radius 1 is 1.03 bits per heavy atom. The van der Waals surface area contributed by atoms with E-state index in [2.05, 4.69) is 20.8 Å². The summed E-state index contributed by atoms with van der Waals surface area (Å²) in [6.45, 7) is 3.93. The molecule has 0 atom stereocenters. The van der Waals surface area contributed by atoms with Crippen LogP contribution in [0, 0.1) is 0 Å². The summed E-state index contributed by atoms with van der Waals surface area (Å²) < 4.78 is 12.3. The number of phenols is 1. The maximum Gasteiger partial charge on any atom is 0.344 e. The number of ether oxygens (including phenoxy) is 1. The molecule has 0 aliphatic carbocycles. The van der Waals surface area contributed by atoms with E-state index in [9.17, 15) is 9.90 Å². The predicted octanol–water partition coefficient (Wildman–Crippen LogP) is 6.65. The van der Waals surface area contributed by atoms with E-state index < -0.39 is 5.63 Å². The van der Waals surface area contributed by atoms with Gasteiger partial charge in [0.15, 0.2) is 0 Å². The molecule has 2 heterocycles. The summed E-state index contributed by atoms with van der Waals surface area (Å²) in [7, 11) is 0. The van der Waals surface area contributed by atoms with Gasteiger partial charge in [0.2, 0.25) is 0 Å². The number of likely N-dealkylation sites (tertiary alicyclic amines) is 1. The summed E-state index contributed by atoms with van der Waals surface area (Å²) in [6, 6.07) is 18.2. The van der Waals surface area contributed by atoms with Gasteiger partial charge < -0.3 is 14.3 Å². The van der Waals surface area contributed by atoms with Crippen molar-refractivity contribution >= 4 is 38.5 Å². The fraction of sp³-hybridized carbons (Fsp3) is 0.250. The summed E-state index contributed by atoms with van der Waals surface area (Å²) in [5, 5.41) is 11.3. The van der Waals surface area contributed by atoms with E-state index in [-0.39, 0.29) is 5.75 Å². The van der Waals surface area contributed by atoms with Crippen molar-refractivity contribution in [2.24, 2.45) is 0 Å². The van der Waals surface area contributed by atoms with Crippen molar-refractivity contribution in [1.82, 2.24) is 4.90 Å². The number of hydrogen-bond acceptors (Lipinski definition) is 5. The maximum atomic E-state index is 13.1. The summed E-state index contributed by atoms with van der Waals surface area (Å²) in [6.07, 6.45) is 3.05. The number of nitrogens with zero attached hydrogens (tertiary/aromatic N) is 1. The van der Waals surface area contributed by atoms with Crippen molar-refractivity contribution in [3.8, 4) is 22.6 Å². The van der Waals surface area contributed by atoms with E-state index in [1.54, 1.807) is 24.3 Å². The molecule has 0 bridgehead atoms. The van der Waals surface area contributed by atoms with Gasteiger partial charge in [-0.2, -0.15) is 0 Å². The molecular formula is C28H25BrClNO4. The van der Waals surface area contributed by atoms with E-state index in [4.69, 9.17) is 20.8 Å². The maximum absolute atomic E-state index is 13.1. The molecule has 0 saturated carbocycles. The minimum atomic E-state index is -0.469. The SMILES string of the molecule is O=c1oc2cc(O)ccc2c(Cc2ccc(OCCN3CCCC3)cc2)c1-c1ccc(Cl)cc1Br. The summed E-state index contributed by atoms with van der Waals surface area (Å²) in [5.74, 6) is 0.874. The minimum absolute atomic E-state index is 0.0439. The molecule has 7 heteroatoms. The highest BCUT2D eigenvalue weighted by molar-refractivity contribution is 9.10. The van der Waals surface area contributed by atoms with Crippen LogP contribution in [0.5, 0.6) is 11.5 Å². The first kappa shape index (κ1) is 23.9. The molecule has 1 aliphatic heterocycles. The molecule has 0 unspecified atom stereocenters. The summed E-state index contributed by atoms with van der Waals surface area (Å²) >= 11 is 9.69. The number of phenolic OH excluding ortho intramolecular Hbond substituents is 1. The monoisotopic (exact) mass is 553 g/mol. The standard InChI is InChI=1S/C28H25BrClNO4/c29-25-16-19(30)5-9-23(25)27-24(22-10-6-20(32)17-26(22)35-28(27)33)15-18-3-7-21(8-4-18)34-14-13-31-11-1-2-12-31/h3-10,16-17,32H,1-2,11-15H2. The van der Waals surface area contributed by atoms with E-state index in [1.807, 2.05) is 30.3 Å². The predicted molar refractivity (Wildman–Crippen MR) is 143 cm³/mol. The minimum Gasteiger partial charge on any atom is -0.508 e. The van der Waals surface area contributed by atoms with Crippen molar-refractivity contribution < 1.29 is 14.3 Å². The number of halogens is 2. The molecule has 1 aliphatic rings. The van der Waals surface area contributed by atoms with Gasteiger partial charge in [0, 0.05) is 33.1 Å². The lowest BCUT2D eigenvalue weighted by atomic mass is 9.93. The molecule has 5 rings (SSSR count). The van der Waals surface area contributed by atoms with Crippen LogP contribution >= 0.6 is 27.5 Å². The molecule has 1 fully saturated rings. The van der Waals surface area contributed by atoms with Gasteiger partial charge in [-0.1, -0.05) is 45.7 Å². The first-order chi connectivity index (χ1) is 17.0. The third kappa shape index (κ3) is 5.40. The number of aromatic hydroxyl groups is 1. The van der Waals surface area contributed by atoms with Crippen LogP contribution in [0.2, 0.25) is 5.02 Å². The van der Waals surface area contributed by atoms with E-state index in [0.717, 1.165) is 41.9 Å². The molecule has 1 aromatic heterocycles. The van der Waals surface area contributed by atoms with Crippen molar-refractivity contribution in [3.63, 3.8) is 0 Å². The molecule has 1 N–H and O–H groups in total. The number of fused-ring (bicyclic) bond motifs is 1. The molecule has 180 valence electrons. The van der Waals surface area contributed by atoms with E-state index in [0.29, 0.717) is 39.2 Å². The van der Waals surface area contributed by atoms with Gasteiger partial charge in [-0.3, -0.25) is 4.90 Å². The van der Waals surface area contributed by atoms with Crippen LogP contribution in [0.25, 0.3) is 22.1 Å². The van der Waals surface area contributed by atoms with Crippen LogP contribution in [0.4, 0.5) is 0 Å². The largest absolute Gasteiger partial charge is 0.508 e. The Kier molecular flexibility index (Phi) is 7.14. The van der Waals surface area contributed by atoms with Crippen LogP contribution in [0.1, 0.15) is 24.0 Å². The van der Waals surface area contributed by atoms with Crippen LogP contribution in [0.3, 0.4) is 0 Å². The van der Waals surface area contributed by atoms with Crippen LogP contribution in [0.15, 0.2) is 74.3 Å². The van der Waals surface area contributed by atoms with Gasteiger partial charge in [-0.25, -0.2) is 4.79 Å². The van der Waals surface area contributed by atoms with Gasteiger partial charge in [0.05, 0.1) is 5.56 Å². The lowest BCUT2D eigenvalue weighted by molar-refractivity contribution is 0.238. The van der Waals surface area contributed by atoms with Crippen molar-refractivity contribution in [2.75, 3.05) is 26.2 Å².